The summed E-state index contributed by atoms with van der Waals surface area (Å²) in [6, 6.07) is -4.75. The second-order valence-electron chi connectivity index (χ2n) is 4.70. The Hall–Kier alpha value is -0.730. The van der Waals surface area contributed by atoms with Crippen molar-refractivity contribution in [2.75, 3.05) is 7.05 Å². The van der Waals surface area contributed by atoms with Crippen molar-refractivity contribution in [1.82, 2.24) is 4.67 Å². The Labute approximate surface area is 130 Å². The minimum atomic E-state index is -6.72. The average molecular weight is 425 g/mol. The molecule has 0 amide bonds. The molecule has 0 heterocycles. The highest BCUT2D eigenvalue weighted by Gasteiger charge is 2.72. The van der Waals surface area contributed by atoms with Crippen molar-refractivity contribution in [2.24, 2.45) is 11.8 Å². The van der Waals surface area contributed by atoms with Gasteiger partial charge in [0.15, 0.2) is 11.8 Å². The summed E-state index contributed by atoms with van der Waals surface area (Å²) < 4.78 is 161. The summed E-state index contributed by atoms with van der Waals surface area (Å²) in [4.78, 5) is 17.2. The maximum atomic E-state index is 12.6. The minimum absolute atomic E-state index is 0.402. The highest BCUT2D eigenvalue weighted by Crippen LogP contribution is 2.56. The Kier molecular flexibility index (Phi) is 6.58. The van der Waals surface area contributed by atoms with E-state index in [9.17, 15) is 57.3 Å². The van der Waals surface area contributed by atoms with E-state index in [1.54, 1.807) is 0 Å². The molecule has 0 bridgehead atoms. The van der Waals surface area contributed by atoms with E-state index in [-0.39, 0.29) is 0 Å². The van der Waals surface area contributed by atoms with Crippen molar-refractivity contribution in [2.45, 2.75) is 30.7 Å². The molecule has 0 aromatic carbocycles. The Morgan fingerprint density at radius 3 is 1.00 bits per heavy atom. The third kappa shape index (κ3) is 6.18. The molecule has 0 radical (unpaired) electrons. The maximum Gasteiger partial charge on any atom is 0.403 e. The van der Waals surface area contributed by atoms with Crippen LogP contribution >= 0.6 is 7.75 Å². The van der Waals surface area contributed by atoms with Gasteiger partial charge in [0.2, 0.25) is 0 Å². The van der Waals surface area contributed by atoms with Crippen LogP contribution in [0.1, 0.15) is 0 Å². The molecule has 4 nitrogen and oxygen atoms in total. The molecular formula is C8H8F12NO3P. The Balaban J connectivity index is 6.79. The summed E-state index contributed by atoms with van der Waals surface area (Å²) in [5.74, 6) is -10.7. The van der Waals surface area contributed by atoms with Gasteiger partial charge in [-0.15, -0.1) is 0 Å². The average Bonchev–Trinajstić information content (AvgIpc) is 2.17. The molecule has 0 aromatic heterocycles. The first-order valence-electron chi connectivity index (χ1n) is 5.58. The number of nitrogens with zero attached hydrogens (tertiary/aromatic N) is 1. The number of rotatable bonds is 4. The molecule has 0 aliphatic carbocycles. The van der Waals surface area contributed by atoms with Gasteiger partial charge in [0, 0.05) is 0 Å². The van der Waals surface area contributed by atoms with E-state index in [2.05, 4.69) is 0 Å². The maximum absolute atomic E-state index is 12.6. The van der Waals surface area contributed by atoms with Gasteiger partial charge in [0.1, 0.15) is 0 Å². The fraction of sp³-hybridized carbons (Fsp3) is 1.00. The lowest BCUT2D eigenvalue weighted by Gasteiger charge is -2.41. The summed E-state index contributed by atoms with van der Waals surface area (Å²) >= 11 is 0. The summed E-state index contributed by atoms with van der Waals surface area (Å²) in [5.41, 5.74) is 0. The van der Waals surface area contributed by atoms with Crippen LogP contribution in [-0.4, -0.2) is 52.3 Å². The summed E-state index contributed by atoms with van der Waals surface area (Å²) in [5, 5.41) is 0. The molecule has 17 heteroatoms. The highest BCUT2D eigenvalue weighted by atomic mass is 31.2. The van der Waals surface area contributed by atoms with Gasteiger partial charge in [0.25, 0.3) is 0 Å². The van der Waals surface area contributed by atoms with E-state index >= 15 is 0 Å². The normalized spacial score (nSPS) is 15.8. The molecule has 0 saturated heterocycles. The van der Waals surface area contributed by atoms with Crippen LogP contribution in [0.25, 0.3) is 0 Å². The van der Waals surface area contributed by atoms with Crippen molar-refractivity contribution in [3.05, 3.63) is 0 Å². The van der Waals surface area contributed by atoms with Crippen molar-refractivity contribution in [3.63, 3.8) is 0 Å². The molecule has 152 valence electrons. The second kappa shape index (κ2) is 6.78. The first-order chi connectivity index (χ1) is 10.5. The molecular weight excluding hydrogens is 417 g/mol. The van der Waals surface area contributed by atoms with Crippen molar-refractivity contribution in [1.29, 1.82) is 0 Å². The van der Waals surface area contributed by atoms with E-state index in [4.69, 9.17) is 9.79 Å². The molecule has 0 unspecified atom stereocenters. The molecule has 0 spiro atoms. The monoisotopic (exact) mass is 425 g/mol. The predicted octanol–water partition coefficient (Wildman–Crippen LogP) is 3.86. The van der Waals surface area contributed by atoms with Crippen LogP contribution in [0, 0.1) is 11.8 Å². The van der Waals surface area contributed by atoms with E-state index in [1.807, 2.05) is 0 Å². The largest absolute Gasteiger partial charge is 0.403 e. The topological polar surface area (TPSA) is 60.8 Å². The molecule has 0 aliphatic rings. The van der Waals surface area contributed by atoms with Crippen LogP contribution in [0.3, 0.4) is 0 Å². The highest BCUT2D eigenvalue weighted by molar-refractivity contribution is 7.49. The Morgan fingerprint density at radius 2 is 0.880 bits per heavy atom. The summed E-state index contributed by atoms with van der Waals surface area (Å²) in [6.07, 6.45) is -26.9. The lowest BCUT2D eigenvalue weighted by molar-refractivity contribution is -0.342. The molecule has 0 saturated carbocycles. The van der Waals surface area contributed by atoms with Gasteiger partial charge in [-0.1, -0.05) is 0 Å². The van der Waals surface area contributed by atoms with Crippen molar-refractivity contribution < 1.29 is 67.0 Å². The van der Waals surface area contributed by atoms with E-state index in [1.165, 1.54) is 0 Å². The molecule has 25 heavy (non-hydrogen) atoms. The third-order valence-electron chi connectivity index (χ3n) is 2.94. The van der Waals surface area contributed by atoms with E-state index < -0.39 is 62.0 Å². The van der Waals surface area contributed by atoms with Gasteiger partial charge in [-0.05, 0) is 7.05 Å². The predicted molar refractivity (Wildman–Crippen MR) is 54.8 cm³/mol. The third-order valence-corrected chi connectivity index (χ3v) is 4.02. The van der Waals surface area contributed by atoms with Gasteiger partial charge in [-0.3, -0.25) is 0 Å². The van der Waals surface area contributed by atoms with Gasteiger partial charge in [-0.25, -0.2) is 9.24 Å². The van der Waals surface area contributed by atoms with Crippen LogP contribution in [-0.2, 0) is 4.57 Å². The molecule has 2 N–H and O–H groups in total. The molecule has 0 aliphatic heterocycles. The summed E-state index contributed by atoms with van der Waals surface area (Å²) in [6.45, 7) is 0. The number of halogens is 12. The number of hydrogen-bond donors (Lipinski definition) is 2. The first kappa shape index (κ1) is 24.3. The van der Waals surface area contributed by atoms with Crippen molar-refractivity contribution >= 4 is 7.75 Å². The Bertz CT molecular complexity index is 442. The fourth-order valence-electron chi connectivity index (χ4n) is 1.94. The van der Waals surface area contributed by atoms with Crippen LogP contribution < -0.4 is 0 Å². The van der Waals surface area contributed by atoms with Gasteiger partial charge >= 0.3 is 32.5 Å². The standard InChI is InChI=1S/C8H8F12NO3P/c1-21(25(22,23)24)2(3(5(9,10)11)6(12,13)14)4(7(15,16)17)8(18,19)20/h2-4H,1H3,(H2,22,23,24). The van der Waals surface area contributed by atoms with Gasteiger partial charge < -0.3 is 9.79 Å². The minimum Gasteiger partial charge on any atom is -0.312 e. The zero-order valence-corrected chi connectivity index (χ0v) is 12.4. The quantitative estimate of drug-likeness (QED) is 0.531. The van der Waals surface area contributed by atoms with Crippen molar-refractivity contribution in [3.8, 4) is 0 Å². The Morgan fingerprint density at radius 1 is 0.680 bits per heavy atom. The lowest BCUT2D eigenvalue weighted by atomic mass is 9.86. The van der Waals surface area contributed by atoms with Crippen LogP contribution in [0.5, 0.6) is 0 Å². The SMILES string of the molecule is CN(C(C(C(F)(F)F)C(F)(F)F)C(C(F)(F)F)C(F)(F)F)P(=O)(O)O. The zero-order chi connectivity index (χ0) is 20.8. The first-order valence-corrected chi connectivity index (χ1v) is 7.14. The molecule has 0 fully saturated rings. The van der Waals surface area contributed by atoms with Gasteiger partial charge in [0.05, 0.1) is 6.04 Å². The zero-order valence-electron chi connectivity index (χ0n) is 11.5. The summed E-state index contributed by atoms with van der Waals surface area (Å²) in [7, 11) is -6.77. The molecule has 0 rings (SSSR count). The molecule has 0 aromatic rings. The second-order valence-corrected chi connectivity index (χ2v) is 6.36. The fourth-order valence-corrected chi connectivity index (χ4v) is 2.56. The van der Waals surface area contributed by atoms with Crippen LogP contribution in [0.4, 0.5) is 52.7 Å². The van der Waals surface area contributed by atoms with Crippen LogP contribution in [0.2, 0.25) is 0 Å². The molecule has 0 atom stereocenters. The van der Waals surface area contributed by atoms with E-state index in [0.29, 0.717) is 0 Å². The van der Waals surface area contributed by atoms with E-state index in [0.717, 1.165) is 0 Å². The number of hydrogen-bond acceptors (Lipinski definition) is 1. The number of alkyl halides is 12. The lowest BCUT2D eigenvalue weighted by Crippen LogP contribution is -2.60. The van der Waals surface area contributed by atoms with Crippen LogP contribution in [0.15, 0.2) is 0 Å². The van der Waals surface area contributed by atoms with Gasteiger partial charge in [-0.2, -0.15) is 52.7 Å². The smallest absolute Gasteiger partial charge is 0.312 e.